The summed E-state index contributed by atoms with van der Waals surface area (Å²) in [5, 5.41) is 2.73. The zero-order chi connectivity index (χ0) is 16.8. The SMILES string of the molecule is Cc1nc2c(Cl)cc(C(F)(F)F)cn2c1C(=O)NC1CCCC1. The molecule has 0 atom stereocenters. The normalized spacial score (nSPS) is 16.2. The smallest absolute Gasteiger partial charge is 0.348 e. The number of hydrogen-bond acceptors (Lipinski definition) is 2. The summed E-state index contributed by atoms with van der Waals surface area (Å²) in [5.41, 5.74) is -0.322. The molecule has 1 fully saturated rings. The third-order valence-corrected chi connectivity index (χ3v) is 4.36. The number of amides is 1. The van der Waals surface area contributed by atoms with Gasteiger partial charge in [0.1, 0.15) is 5.69 Å². The summed E-state index contributed by atoms with van der Waals surface area (Å²) in [6, 6.07) is 0.885. The van der Waals surface area contributed by atoms with Gasteiger partial charge in [0.15, 0.2) is 5.65 Å². The van der Waals surface area contributed by atoms with Gasteiger partial charge in [0.2, 0.25) is 0 Å². The minimum absolute atomic E-state index is 0.0636. The van der Waals surface area contributed by atoms with Crippen LogP contribution in [0.3, 0.4) is 0 Å². The van der Waals surface area contributed by atoms with E-state index in [9.17, 15) is 18.0 Å². The summed E-state index contributed by atoms with van der Waals surface area (Å²) < 4.78 is 40.0. The molecule has 1 saturated carbocycles. The van der Waals surface area contributed by atoms with Gasteiger partial charge in [-0.3, -0.25) is 9.20 Å². The Morgan fingerprint density at radius 3 is 2.65 bits per heavy atom. The van der Waals surface area contributed by atoms with E-state index < -0.39 is 17.6 Å². The average molecular weight is 346 g/mol. The van der Waals surface area contributed by atoms with Crippen molar-refractivity contribution >= 4 is 23.2 Å². The largest absolute Gasteiger partial charge is 0.417 e. The molecule has 2 aromatic heterocycles. The van der Waals surface area contributed by atoms with Crippen LogP contribution in [0.25, 0.3) is 5.65 Å². The molecule has 4 nitrogen and oxygen atoms in total. The Hall–Kier alpha value is -1.76. The molecule has 23 heavy (non-hydrogen) atoms. The standard InChI is InChI=1S/C15H15ClF3N3O/c1-8-12(14(23)21-10-4-2-3-5-10)22-7-9(15(17,18)19)6-11(16)13(22)20-8/h6-7,10H,2-5H2,1H3,(H,21,23). The van der Waals surface area contributed by atoms with Crippen molar-refractivity contribution in [3.63, 3.8) is 0 Å². The van der Waals surface area contributed by atoms with E-state index in [0.717, 1.165) is 42.3 Å². The van der Waals surface area contributed by atoms with Gasteiger partial charge in [-0.15, -0.1) is 0 Å². The van der Waals surface area contributed by atoms with Crippen molar-refractivity contribution < 1.29 is 18.0 Å². The van der Waals surface area contributed by atoms with Crippen molar-refractivity contribution in [2.45, 2.75) is 44.8 Å². The number of carbonyl (C=O) groups excluding carboxylic acids is 1. The number of carbonyl (C=O) groups is 1. The number of nitrogens with one attached hydrogen (secondary N) is 1. The highest BCUT2D eigenvalue weighted by molar-refractivity contribution is 6.33. The van der Waals surface area contributed by atoms with Crippen LogP contribution in [0, 0.1) is 6.92 Å². The fraction of sp³-hybridized carbons (Fsp3) is 0.467. The summed E-state index contributed by atoms with van der Waals surface area (Å²) in [7, 11) is 0. The average Bonchev–Trinajstić information content (AvgIpc) is 3.04. The summed E-state index contributed by atoms with van der Waals surface area (Å²) in [6.07, 6.45) is 0.175. The molecule has 0 radical (unpaired) electrons. The number of aryl methyl sites for hydroxylation is 1. The van der Waals surface area contributed by atoms with Crippen molar-refractivity contribution in [1.29, 1.82) is 0 Å². The van der Waals surface area contributed by atoms with Gasteiger partial charge >= 0.3 is 6.18 Å². The van der Waals surface area contributed by atoms with Gasteiger partial charge in [0, 0.05) is 12.2 Å². The number of alkyl halides is 3. The molecule has 2 aromatic rings. The fourth-order valence-corrected chi connectivity index (χ4v) is 3.22. The molecule has 0 spiro atoms. The maximum absolute atomic E-state index is 13.0. The number of halogens is 4. The minimum Gasteiger partial charge on any atom is -0.348 e. The van der Waals surface area contributed by atoms with Gasteiger partial charge in [0.05, 0.1) is 16.3 Å². The van der Waals surface area contributed by atoms with Gasteiger partial charge in [-0.1, -0.05) is 24.4 Å². The third-order valence-electron chi connectivity index (χ3n) is 4.08. The molecule has 0 aromatic carbocycles. The van der Waals surface area contributed by atoms with Crippen molar-refractivity contribution in [2.75, 3.05) is 0 Å². The van der Waals surface area contributed by atoms with Crippen LogP contribution in [0.1, 0.15) is 47.4 Å². The number of fused-ring (bicyclic) bond motifs is 1. The second-order valence-corrected chi connectivity index (χ2v) is 6.18. The second-order valence-electron chi connectivity index (χ2n) is 5.77. The van der Waals surface area contributed by atoms with Crippen LogP contribution in [0.4, 0.5) is 13.2 Å². The lowest BCUT2D eigenvalue weighted by molar-refractivity contribution is -0.137. The highest BCUT2D eigenvalue weighted by atomic mass is 35.5. The highest BCUT2D eigenvalue weighted by Gasteiger charge is 2.33. The van der Waals surface area contributed by atoms with E-state index >= 15 is 0 Å². The minimum atomic E-state index is -4.55. The van der Waals surface area contributed by atoms with Crippen LogP contribution in [-0.2, 0) is 6.18 Å². The van der Waals surface area contributed by atoms with Crippen molar-refractivity contribution in [1.82, 2.24) is 14.7 Å². The number of rotatable bonds is 2. The second kappa shape index (κ2) is 5.70. The fourth-order valence-electron chi connectivity index (χ4n) is 2.97. The molecule has 1 N–H and O–H groups in total. The molecular weight excluding hydrogens is 331 g/mol. The predicted octanol–water partition coefficient (Wildman–Crippen LogP) is 3.99. The molecule has 2 heterocycles. The van der Waals surface area contributed by atoms with Crippen molar-refractivity contribution in [2.24, 2.45) is 0 Å². The molecule has 0 bridgehead atoms. The topological polar surface area (TPSA) is 46.4 Å². The first-order chi connectivity index (χ1) is 10.8. The Morgan fingerprint density at radius 1 is 1.39 bits per heavy atom. The van der Waals surface area contributed by atoms with Crippen LogP contribution >= 0.6 is 11.6 Å². The van der Waals surface area contributed by atoms with E-state index in [4.69, 9.17) is 11.6 Å². The molecule has 124 valence electrons. The molecule has 0 unspecified atom stereocenters. The van der Waals surface area contributed by atoms with Crippen LogP contribution in [0.5, 0.6) is 0 Å². The summed E-state index contributed by atoms with van der Waals surface area (Å²) >= 11 is 5.91. The maximum atomic E-state index is 13.0. The highest BCUT2D eigenvalue weighted by Crippen LogP contribution is 2.33. The van der Waals surface area contributed by atoms with E-state index in [2.05, 4.69) is 10.3 Å². The monoisotopic (exact) mass is 345 g/mol. The van der Waals surface area contributed by atoms with Gasteiger partial charge in [-0.05, 0) is 25.8 Å². The van der Waals surface area contributed by atoms with Gasteiger partial charge < -0.3 is 5.32 Å². The molecule has 1 amide bonds. The number of hydrogen-bond donors (Lipinski definition) is 1. The summed E-state index contributed by atoms with van der Waals surface area (Å²) in [5.74, 6) is -0.419. The Kier molecular flexibility index (Phi) is 4.00. The lowest BCUT2D eigenvalue weighted by atomic mass is 10.2. The first-order valence-electron chi connectivity index (χ1n) is 7.33. The van der Waals surface area contributed by atoms with Gasteiger partial charge in [-0.2, -0.15) is 13.2 Å². The zero-order valence-corrected chi connectivity index (χ0v) is 13.1. The van der Waals surface area contributed by atoms with E-state index in [1.54, 1.807) is 6.92 Å². The third kappa shape index (κ3) is 3.02. The summed E-state index contributed by atoms with van der Waals surface area (Å²) in [6.45, 7) is 1.58. The lowest BCUT2D eigenvalue weighted by Crippen LogP contribution is -2.33. The van der Waals surface area contributed by atoms with Crippen LogP contribution in [0.15, 0.2) is 12.3 Å². The first-order valence-corrected chi connectivity index (χ1v) is 7.71. The van der Waals surface area contributed by atoms with E-state index in [-0.39, 0.29) is 22.4 Å². The van der Waals surface area contributed by atoms with E-state index in [1.807, 2.05) is 0 Å². The van der Waals surface area contributed by atoms with E-state index in [0.29, 0.717) is 5.69 Å². The molecule has 1 aliphatic carbocycles. The zero-order valence-electron chi connectivity index (χ0n) is 12.4. The number of pyridine rings is 1. The molecule has 3 rings (SSSR count). The molecular formula is C15H15ClF3N3O. The Bertz CT molecular complexity index is 763. The molecule has 8 heteroatoms. The Balaban J connectivity index is 2.06. The number of imidazole rings is 1. The number of nitrogens with zero attached hydrogens (tertiary/aromatic N) is 2. The molecule has 0 saturated heterocycles. The van der Waals surface area contributed by atoms with Crippen LogP contribution in [-0.4, -0.2) is 21.3 Å². The summed E-state index contributed by atoms with van der Waals surface area (Å²) in [4.78, 5) is 16.6. The molecule has 0 aliphatic heterocycles. The quantitative estimate of drug-likeness (QED) is 0.894. The Labute approximate surface area is 135 Å². The van der Waals surface area contributed by atoms with Crippen LogP contribution in [0.2, 0.25) is 5.02 Å². The van der Waals surface area contributed by atoms with Crippen molar-refractivity contribution in [3.8, 4) is 0 Å². The van der Waals surface area contributed by atoms with E-state index in [1.165, 1.54) is 0 Å². The van der Waals surface area contributed by atoms with Gasteiger partial charge in [-0.25, -0.2) is 4.98 Å². The Morgan fingerprint density at radius 2 is 2.04 bits per heavy atom. The van der Waals surface area contributed by atoms with Gasteiger partial charge in [0.25, 0.3) is 5.91 Å². The lowest BCUT2D eigenvalue weighted by Gasteiger charge is -2.13. The maximum Gasteiger partial charge on any atom is 0.417 e. The van der Waals surface area contributed by atoms with Crippen LogP contribution < -0.4 is 5.32 Å². The van der Waals surface area contributed by atoms with Crippen molar-refractivity contribution in [3.05, 3.63) is 34.2 Å². The predicted molar refractivity (Wildman–Crippen MR) is 79.7 cm³/mol. The number of aromatic nitrogens is 2. The molecule has 1 aliphatic rings. The first kappa shape index (κ1) is 16.1.